The third-order valence-corrected chi connectivity index (χ3v) is 2.78. The number of hydrogen-bond acceptors (Lipinski definition) is 4. The van der Waals surface area contributed by atoms with E-state index in [4.69, 9.17) is 4.74 Å². The summed E-state index contributed by atoms with van der Waals surface area (Å²) in [5, 5.41) is 0. The molecule has 0 aromatic rings. The molecule has 1 aliphatic heterocycles. The zero-order valence-corrected chi connectivity index (χ0v) is 11.8. The molecule has 0 bridgehead atoms. The van der Waals surface area contributed by atoms with Gasteiger partial charge in [-0.15, -0.1) is 0 Å². The highest BCUT2D eigenvalue weighted by atomic mass is 19.4. The van der Waals surface area contributed by atoms with Gasteiger partial charge in [0, 0.05) is 0 Å². The lowest BCUT2D eigenvalue weighted by atomic mass is 9.79. The molecular formula is C12H18F3NO4. The Kier molecular flexibility index (Phi) is 4.26. The Balaban J connectivity index is 2.77. The third-order valence-electron chi connectivity index (χ3n) is 2.78. The van der Waals surface area contributed by atoms with E-state index in [0.29, 0.717) is 0 Å². The maximum atomic E-state index is 13.0. The first-order valence-corrected chi connectivity index (χ1v) is 6.15. The van der Waals surface area contributed by atoms with Gasteiger partial charge in [-0.1, -0.05) is 0 Å². The number of likely N-dealkylation sites (tertiary alicyclic amines) is 1. The van der Waals surface area contributed by atoms with Crippen molar-refractivity contribution in [3.63, 3.8) is 0 Å². The number of rotatable bonds is 2. The number of nitrogens with zero attached hydrogens (tertiary/aromatic N) is 1. The average molecular weight is 297 g/mol. The second kappa shape index (κ2) is 5.14. The maximum Gasteiger partial charge on any atom is 0.410 e. The number of halogens is 3. The topological polar surface area (TPSA) is 55.8 Å². The van der Waals surface area contributed by atoms with Crippen LogP contribution in [0.15, 0.2) is 0 Å². The van der Waals surface area contributed by atoms with Crippen molar-refractivity contribution in [3.8, 4) is 0 Å². The smallest absolute Gasteiger partial charge is 0.410 e. The maximum absolute atomic E-state index is 13.0. The molecule has 1 amide bonds. The van der Waals surface area contributed by atoms with Gasteiger partial charge >= 0.3 is 18.2 Å². The standard InChI is InChI=1S/C12H18F3NO4/c1-5-19-8(17)11(12(13,14)15)6-16(7-11)9(18)20-10(2,3)4/h5-7H2,1-4H3. The van der Waals surface area contributed by atoms with E-state index in [2.05, 4.69) is 4.74 Å². The van der Waals surface area contributed by atoms with Crippen molar-refractivity contribution in [2.24, 2.45) is 5.41 Å². The van der Waals surface area contributed by atoms with Crippen molar-refractivity contribution in [3.05, 3.63) is 0 Å². The predicted molar refractivity (Wildman–Crippen MR) is 62.9 cm³/mol. The number of alkyl halides is 3. The van der Waals surface area contributed by atoms with Gasteiger partial charge in [0.1, 0.15) is 5.60 Å². The highest BCUT2D eigenvalue weighted by Gasteiger charge is 2.69. The molecule has 20 heavy (non-hydrogen) atoms. The molecule has 0 atom stereocenters. The summed E-state index contributed by atoms with van der Waals surface area (Å²) in [5.41, 5.74) is -3.45. The molecule has 1 heterocycles. The Hall–Kier alpha value is -1.47. The van der Waals surface area contributed by atoms with Crippen molar-refractivity contribution in [1.82, 2.24) is 4.90 Å². The van der Waals surface area contributed by atoms with E-state index in [1.165, 1.54) is 6.92 Å². The van der Waals surface area contributed by atoms with Crippen molar-refractivity contribution >= 4 is 12.1 Å². The van der Waals surface area contributed by atoms with Gasteiger partial charge in [0.15, 0.2) is 5.41 Å². The Labute approximate surface area is 115 Å². The Morgan fingerprint density at radius 1 is 1.20 bits per heavy atom. The van der Waals surface area contributed by atoms with E-state index in [1.54, 1.807) is 20.8 Å². The number of carbonyl (C=O) groups excluding carboxylic acids is 2. The summed E-state index contributed by atoms with van der Waals surface area (Å²) in [6.45, 7) is 4.54. The molecule has 0 spiro atoms. The summed E-state index contributed by atoms with van der Waals surface area (Å²) in [6, 6.07) is 0. The quantitative estimate of drug-likeness (QED) is 0.734. The number of esters is 1. The molecule has 0 aromatic carbocycles. The van der Waals surface area contributed by atoms with Gasteiger partial charge in [-0.3, -0.25) is 4.79 Å². The van der Waals surface area contributed by atoms with Crippen LogP contribution in [0.3, 0.4) is 0 Å². The van der Waals surface area contributed by atoms with Gasteiger partial charge < -0.3 is 14.4 Å². The first kappa shape index (κ1) is 16.6. The van der Waals surface area contributed by atoms with Crippen LogP contribution in [0, 0.1) is 5.41 Å². The van der Waals surface area contributed by atoms with Gasteiger partial charge in [-0.05, 0) is 27.7 Å². The lowest BCUT2D eigenvalue weighted by Gasteiger charge is -2.48. The zero-order valence-electron chi connectivity index (χ0n) is 11.8. The summed E-state index contributed by atoms with van der Waals surface area (Å²) in [5.74, 6) is -1.35. The van der Waals surface area contributed by atoms with E-state index >= 15 is 0 Å². The largest absolute Gasteiger partial charge is 0.465 e. The molecule has 0 N–H and O–H groups in total. The monoisotopic (exact) mass is 297 g/mol. The molecule has 8 heteroatoms. The molecule has 116 valence electrons. The first-order chi connectivity index (χ1) is 8.93. The van der Waals surface area contributed by atoms with Crippen LogP contribution in [0.2, 0.25) is 0 Å². The van der Waals surface area contributed by atoms with E-state index in [0.717, 1.165) is 4.90 Å². The number of hydrogen-bond donors (Lipinski definition) is 0. The molecule has 1 saturated heterocycles. The zero-order chi connectivity index (χ0) is 15.8. The molecular weight excluding hydrogens is 279 g/mol. The van der Waals surface area contributed by atoms with E-state index in [9.17, 15) is 22.8 Å². The lowest BCUT2D eigenvalue weighted by Crippen LogP contribution is -2.69. The highest BCUT2D eigenvalue weighted by molar-refractivity contribution is 5.83. The fraction of sp³-hybridized carbons (Fsp3) is 0.833. The van der Waals surface area contributed by atoms with Crippen LogP contribution in [-0.4, -0.2) is 48.4 Å². The summed E-state index contributed by atoms with van der Waals surface area (Å²) in [6.07, 6.45) is -5.64. The van der Waals surface area contributed by atoms with E-state index in [-0.39, 0.29) is 6.61 Å². The fourth-order valence-electron chi connectivity index (χ4n) is 1.75. The van der Waals surface area contributed by atoms with Crippen molar-refractivity contribution in [2.75, 3.05) is 19.7 Å². The lowest BCUT2D eigenvalue weighted by molar-refractivity contribution is -0.264. The van der Waals surface area contributed by atoms with Crippen molar-refractivity contribution in [2.45, 2.75) is 39.5 Å². The van der Waals surface area contributed by atoms with Gasteiger partial charge in [-0.25, -0.2) is 4.79 Å². The molecule has 1 fully saturated rings. The Bertz CT molecular complexity index is 394. The van der Waals surface area contributed by atoms with E-state index < -0.39 is 42.3 Å². The summed E-state index contributed by atoms with van der Waals surface area (Å²) in [4.78, 5) is 24.0. The van der Waals surface area contributed by atoms with Crippen LogP contribution >= 0.6 is 0 Å². The fourth-order valence-corrected chi connectivity index (χ4v) is 1.75. The minimum atomic E-state index is -4.77. The van der Waals surface area contributed by atoms with E-state index in [1.807, 2.05) is 0 Å². The molecule has 0 aromatic heterocycles. The van der Waals surface area contributed by atoms with Crippen molar-refractivity contribution < 1.29 is 32.2 Å². The molecule has 1 aliphatic rings. The second-order valence-electron chi connectivity index (χ2n) is 5.64. The SMILES string of the molecule is CCOC(=O)C1(C(F)(F)F)CN(C(=O)OC(C)(C)C)C1. The molecule has 0 aliphatic carbocycles. The first-order valence-electron chi connectivity index (χ1n) is 6.15. The molecule has 5 nitrogen and oxygen atoms in total. The minimum Gasteiger partial charge on any atom is -0.465 e. The Morgan fingerprint density at radius 2 is 1.70 bits per heavy atom. The average Bonchev–Trinajstić information content (AvgIpc) is 2.10. The van der Waals surface area contributed by atoms with Crippen LogP contribution < -0.4 is 0 Å². The van der Waals surface area contributed by atoms with Crippen LogP contribution in [-0.2, 0) is 14.3 Å². The molecule has 1 rings (SSSR count). The highest BCUT2D eigenvalue weighted by Crippen LogP contribution is 2.46. The molecule has 0 saturated carbocycles. The summed E-state index contributed by atoms with van der Waals surface area (Å²) >= 11 is 0. The van der Waals surface area contributed by atoms with Crippen LogP contribution in [0.5, 0.6) is 0 Å². The number of amides is 1. The van der Waals surface area contributed by atoms with Crippen LogP contribution in [0.4, 0.5) is 18.0 Å². The Morgan fingerprint density at radius 3 is 2.05 bits per heavy atom. The minimum absolute atomic E-state index is 0.150. The number of carbonyl (C=O) groups is 2. The summed E-state index contributed by atoms with van der Waals surface area (Å²) in [7, 11) is 0. The van der Waals surface area contributed by atoms with Gasteiger partial charge in [-0.2, -0.15) is 13.2 Å². The van der Waals surface area contributed by atoms with Gasteiger partial charge in [0.25, 0.3) is 0 Å². The summed E-state index contributed by atoms with van der Waals surface area (Å²) < 4.78 is 48.5. The normalized spacial score (nSPS) is 18.2. The predicted octanol–water partition coefficient (Wildman–Crippen LogP) is 2.35. The van der Waals surface area contributed by atoms with Crippen LogP contribution in [0.1, 0.15) is 27.7 Å². The molecule has 0 unspecified atom stereocenters. The van der Waals surface area contributed by atoms with Crippen LogP contribution in [0.25, 0.3) is 0 Å². The third kappa shape index (κ3) is 3.16. The van der Waals surface area contributed by atoms with Crippen molar-refractivity contribution in [1.29, 1.82) is 0 Å². The van der Waals surface area contributed by atoms with Gasteiger partial charge in [0.05, 0.1) is 19.7 Å². The molecule has 0 radical (unpaired) electrons. The number of ether oxygens (including phenoxy) is 2. The second-order valence-corrected chi connectivity index (χ2v) is 5.64. The van der Waals surface area contributed by atoms with Gasteiger partial charge in [0.2, 0.25) is 0 Å².